The van der Waals surface area contributed by atoms with Crippen LogP contribution in [0.15, 0.2) is 0 Å². The lowest BCUT2D eigenvalue weighted by Gasteiger charge is -2.11. The van der Waals surface area contributed by atoms with Crippen molar-refractivity contribution in [3.05, 3.63) is 0 Å². The van der Waals surface area contributed by atoms with Crippen LogP contribution in [0, 0.1) is 0 Å². The van der Waals surface area contributed by atoms with Crippen LogP contribution in [0.1, 0.15) is 12.8 Å². The van der Waals surface area contributed by atoms with E-state index in [2.05, 4.69) is 0 Å². The number of nitrogens with two attached hydrogens (primary N) is 1. The molecule has 9 heteroatoms. The molecule has 5 N–H and O–H groups in total. The van der Waals surface area contributed by atoms with E-state index >= 15 is 0 Å². The molecule has 0 aromatic carbocycles. The second-order valence-electron chi connectivity index (χ2n) is 3.56. The van der Waals surface area contributed by atoms with E-state index in [1.54, 1.807) is 0 Å². The zero-order valence-electron chi connectivity index (χ0n) is 7.59. The van der Waals surface area contributed by atoms with Gasteiger partial charge in [-0.1, -0.05) is 0 Å². The summed E-state index contributed by atoms with van der Waals surface area (Å²) < 4.78 is 23.9. The van der Waals surface area contributed by atoms with Crippen LogP contribution in [-0.2, 0) is 9.36 Å². The van der Waals surface area contributed by atoms with Crippen LogP contribution in [-0.4, -0.2) is 38.2 Å². The monoisotopic (exact) mass is 263 g/mol. The van der Waals surface area contributed by atoms with Crippen molar-refractivity contribution in [2.75, 3.05) is 6.16 Å². The summed E-state index contributed by atoms with van der Waals surface area (Å²) in [5.74, 6) is -1.48. The number of halogens is 2. The van der Waals surface area contributed by atoms with Crippen molar-refractivity contribution in [2.45, 2.75) is 24.0 Å². The summed E-state index contributed by atoms with van der Waals surface area (Å²) in [6.07, 6.45) is -1.61. The summed E-state index contributed by atoms with van der Waals surface area (Å²) in [6, 6.07) is 0. The van der Waals surface area contributed by atoms with Crippen LogP contribution in [0.5, 0.6) is 0 Å². The van der Waals surface area contributed by atoms with Crippen LogP contribution in [0.2, 0.25) is 0 Å². The molecule has 2 atom stereocenters. The Morgan fingerprint density at radius 1 is 1.53 bits per heavy atom. The van der Waals surface area contributed by atoms with E-state index in [4.69, 9.17) is 20.6 Å². The first-order chi connectivity index (χ1) is 6.11. The van der Waals surface area contributed by atoms with E-state index < -0.39 is 43.8 Å². The van der Waals surface area contributed by atoms with Crippen LogP contribution in [0.25, 0.3) is 0 Å². The maximum atomic E-state index is 13.5. The van der Waals surface area contributed by atoms with Gasteiger partial charge in [-0.15, -0.1) is 12.4 Å². The minimum Gasteiger partial charge on any atom is -0.480 e. The van der Waals surface area contributed by atoms with Crippen LogP contribution < -0.4 is 5.73 Å². The number of carboxylic acids is 1. The number of aliphatic carboxylic acids is 1. The molecule has 15 heavy (non-hydrogen) atoms. The van der Waals surface area contributed by atoms with Crippen molar-refractivity contribution in [2.24, 2.45) is 5.73 Å². The van der Waals surface area contributed by atoms with Crippen molar-refractivity contribution in [3.8, 4) is 0 Å². The van der Waals surface area contributed by atoms with Crippen molar-refractivity contribution in [1.29, 1.82) is 0 Å². The summed E-state index contributed by atoms with van der Waals surface area (Å²) in [6.45, 7) is 0. The van der Waals surface area contributed by atoms with Crippen molar-refractivity contribution < 1.29 is 28.6 Å². The standard InChI is InChI=1S/C6H11FNO5P.ClH/c7-5(1-2-14(11,12)13)3-6(5,8)4(9)10;/h1-3,8H2,(H,9,10)(H2,11,12,13);1H/t5-,6+;/m0./s1. The van der Waals surface area contributed by atoms with Gasteiger partial charge in [0.05, 0.1) is 6.16 Å². The molecule has 1 aliphatic carbocycles. The van der Waals surface area contributed by atoms with E-state index in [1.165, 1.54) is 0 Å². The predicted molar refractivity (Wildman–Crippen MR) is 51.8 cm³/mol. The Morgan fingerprint density at radius 2 is 2.00 bits per heavy atom. The molecule has 1 fully saturated rings. The molecule has 0 heterocycles. The number of hydrogen-bond donors (Lipinski definition) is 4. The average Bonchev–Trinajstić information content (AvgIpc) is 2.53. The van der Waals surface area contributed by atoms with Gasteiger partial charge in [0.25, 0.3) is 0 Å². The lowest BCUT2D eigenvalue weighted by atomic mass is 10.1. The number of alkyl halides is 1. The summed E-state index contributed by atoms with van der Waals surface area (Å²) in [5, 5.41) is 8.52. The normalized spacial score (nSPS) is 34.4. The SMILES string of the molecule is Cl.N[C@@]1(C(=O)O)C[C@@]1(F)CCP(=O)(O)O. The highest BCUT2D eigenvalue weighted by atomic mass is 35.5. The Labute approximate surface area is 91.2 Å². The maximum absolute atomic E-state index is 13.5. The maximum Gasteiger partial charge on any atom is 0.327 e. The second kappa shape index (κ2) is 3.99. The average molecular weight is 264 g/mol. The fourth-order valence-electron chi connectivity index (χ4n) is 1.30. The van der Waals surface area contributed by atoms with Crippen LogP contribution in [0.4, 0.5) is 4.39 Å². The molecule has 6 nitrogen and oxygen atoms in total. The molecule has 90 valence electrons. The van der Waals surface area contributed by atoms with Crippen LogP contribution in [0.3, 0.4) is 0 Å². The molecule has 0 aliphatic heterocycles. The van der Waals surface area contributed by atoms with Gasteiger partial charge in [0.1, 0.15) is 5.67 Å². The first kappa shape index (κ1) is 14.8. The molecule has 1 aliphatic rings. The van der Waals surface area contributed by atoms with Crippen molar-refractivity contribution in [3.63, 3.8) is 0 Å². The third-order valence-corrected chi connectivity index (χ3v) is 3.22. The van der Waals surface area contributed by atoms with Gasteiger partial charge in [0.2, 0.25) is 0 Å². The number of carbonyl (C=O) groups is 1. The second-order valence-corrected chi connectivity index (χ2v) is 5.33. The molecule has 0 saturated heterocycles. The minimum atomic E-state index is -4.30. The van der Waals surface area contributed by atoms with Gasteiger partial charge >= 0.3 is 13.6 Å². The topological polar surface area (TPSA) is 121 Å². The first-order valence-corrected chi connectivity index (χ1v) is 5.66. The Hall–Kier alpha value is -0.200. The highest BCUT2D eigenvalue weighted by Crippen LogP contribution is 2.54. The Bertz CT molecular complexity index is 323. The van der Waals surface area contributed by atoms with Gasteiger partial charge in [0, 0.05) is 6.42 Å². The van der Waals surface area contributed by atoms with Crippen molar-refractivity contribution >= 4 is 26.0 Å². The van der Waals surface area contributed by atoms with Gasteiger partial charge in [-0.05, 0) is 6.42 Å². The molecule has 0 aromatic rings. The number of rotatable bonds is 4. The third kappa shape index (κ3) is 2.89. The summed E-state index contributed by atoms with van der Waals surface area (Å²) >= 11 is 0. The summed E-state index contributed by atoms with van der Waals surface area (Å²) in [7, 11) is -4.30. The molecular formula is C6H12ClFNO5P. The largest absolute Gasteiger partial charge is 0.480 e. The van der Waals surface area contributed by atoms with Crippen LogP contribution >= 0.6 is 20.0 Å². The smallest absolute Gasteiger partial charge is 0.327 e. The highest BCUT2D eigenvalue weighted by molar-refractivity contribution is 7.51. The van der Waals surface area contributed by atoms with E-state index in [9.17, 15) is 13.8 Å². The van der Waals surface area contributed by atoms with E-state index in [0.717, 1.165) is 0 Å². The molecule has 0 bridgehead atoms. The fourth-order valence-corrected chi connectivity index (χ4v) is 1.95. The quantitative estimate of drug-likeness (QED) is 0.524. The van der Waals surface area contributed by atoms with Gasteiger partial charge < -0.3 is 20.6 Å². The summed E-state index contributed by atoms with van der Waals surface area (Å²) in [4.78, 5) is 27.4. The molecule has 0 radical (unpaired) electrons. The zero-order chi connectivity index (χ0) is 11.2. The molecule has 1 saturated carbocycles. The van der Waals surface area contributed by atoms with Gasteiger partial charge in [-0.25, -0.2) is 4.39 Å². The lowest BCUT2D eigenvalue weighted by Crippen LogP contribution is -2.40. The van der Waals surface area contributed by atoms with Gasteiger partial charge in [-0.2, -0.15) is 0 Å². The van der Waals surface area contributed by atoms with Crippen molar-refractivity contribution in [1.82, 2.24) is 0 Å². The predicted octanol–water partition coefficient (Wildman–Crippen LogP) is -0.130. The molecule has 0 amide bonds. The minimum absolute atomic E-state index is 0. The van der Waals surface area contributed by atoms with E-state index in [0.29, 0.717) is 0 Å². The zero-order valence-corrected chi connectivity index (χ0v) is 9.30. The molecule has 0 aromatic heterocycles. The highest BCUT2D eigenvalue weighted by Gasteiger charge is 2.72. The Kier molecular flexibility index (Phi) is 3.94. The molecular weight excluding hydrogens is 251 g/mol. The third-order valence-electron chi connectivity index (χ3n) is 2.41. The van der Waals surface area contributed by atoms with Gasteiger partial charge in [0.15, 0.2) is 5.54 Å². The first-order valence-electron chi connectivity index (χ1n) is 3.86. The van der Waals surface area contributed by atoms with Gasteiger partial charge in [-0.3, -0.25) is 9.36 Å². The number of carboxylic acid groups (broad SMARTS) is 1. The summed E-state index contributed by atoms with van der Waals surface area (Å²) in [5.41, 5.74) is 1.02. The lowest BCUT2D eigenvalue weighted by molar-refractivity contribution is -0.140. The fraction of sp³-hybridized carbons (Fsp3) is 0.833. The van der Waals surface area contributed by atoms with E-state index in [-0.39, 0.29) is 12.4 Å². The molecule has 0 unspecified atom stereocenters. The Morgan fingerprint density at radius 3 is 2.27 bits per heavy atom. The molecule has 0 spiro atoms. The molecule has 1 rings (SSSR count). The number of hydrogen-bond acceptors (Lipinski definition) is 3. The van der Waals surface area contributed by atoms with E-state index in [1.807, 2.05) is 0 Å². The Balaban J connectivity index is 0.00000196.